The smallest absolute Gasteiger partial charge is 0.313 e. The minimum absolute atomic E-state index is 0.0569. The monoisotopic (exact) mass is 309 g/mol. The number of amides is 1. The molecule has 0 unspecified atom stereocenters. The van der Waals surface area contributed by atoms with Crippen LogP contribution < -0.4 is 14.8 Å². The van der Waals surface area contributed by atoms with Gasteiger partial charge in [0.15, 0.2) is 0 Å². The van der Waals surface area contributed by atoms with Gasteiger partial charge in [0.05, 0.1) is 17.7 Å². The first kappa shape index (κ1) is 17.4. The maximum Gasteiger partial charge on any atom is 0.313 e. The van der Waals surface area contributed by atoms with Gasteiger partial charge in [-0.05, 0) is 20.2 Å². The van der Waals surface area contributed by atoms with Crippen molar-refractivity contribution in [1.29, 1.82) is 0 Å². The summed E-state index contributed by atoms with van der Waals surface area (Å²) in [5.74, 6) is -0.141. The number of carbonyl (C=O) groups is 1. The van der Waals surface area contributed by atoms with Crippen LogP contribution in [0.3, 0.4) is 0 Å². The number of methoxy groups -OCH3 is 1. The molecule has 0 fully saturated rings. The van der Waals surface area contributed by atoms with Crippen LogP contribution in [0, 0.1) is 10.1 Å². The SMILES string of the molecule is C=CC(=O)Nc1cc([N+](=O)[O-])c(OC)cc1OCCN(C)C. The lowest BCUT2D eigenvalue weighted by molar-refractivity contribution is -0.385. The third-order valence-electron chi connectivity index (χ3n) is 2.72. The lowest BCUT2D eigenvalue weighted by Crippen LogP contribution is -2.20. The highest BCUT2D eigenvalue weighted by Crippen LogP contribution is 2.37. The van der Waals surface area contributed by atoms with Gasteiger partial charge in [0.2, 0.25) is 11.7 Å². The summed E-state index contributed by atoms with van der Waals surface area (Å²) in [7, 11) is 5.11. The summed E-state index contributed by atoms with van der Waals surface area (Å²) < 4.78 is 10.6. The molecule has 1 rings (SSSR count). The molecule has 0 aliphatic rings. The Morgan fingerprint density at radius 1 is 1.45 bits per heavy atom. The zero-order chi connectivity index (χ0) is 16.7. The van der Waals surface area contributed by atoms with Gasteiger partial charge in [0.25, 0.3) is 0 Å². The second-order valence-corrected chi connectivity index (χ2v) is 4.62. The summed E-state index contributed by atoms with van der Waals surface area (Å²) in [6.45, 7) is 4.34. The van der Waals surface area contributed by atoms with E-state index < -0.39 is 10.8 Å². The summed E-state index contributed by atoms with van der Waals surface area (Å²) in [5.41, 5.74) is -0.0713. The van der Waals surface area contributed by atoms with Crippen molar-refractivity contribution >= 4 is 17.3 Å². The summed E-state index contributed by atoms with van der Waals surface area (Å²) in [6.07, 6.45) is 1.07. The van der Waals surface area contributed by atoms with E-state index in [2.05, 4.69) is 11.9 Å². The predicted molar refractivity (Wildman–Crippen MR) is 82.5 cm³/mol. The molecule has 120 valence electrons. The van der Waals surface area contributed by atoms with Crippen LogP contribution >= 0.6 is 0 Å². The molecule has 0 aromatic heterocycles. The fourth-order valence-corrected chi connectivity index (χ4v) is 1.59. The van der Waals surface area contributed by atoms with E-state index in [0.29, 0.717) is 18.9 Å². The van der Waals surface area contributed by atoms with Gasteiger partial charge in [0, 0.05) is 18.7 Å². The maximum atomic E-state index is 11.5. The predicted octanol–water partition coefficient (Wildman–Crippen LogP) is 1.67. The van der Waals surface area contributed by atoms with Gasteiger partial charge in [0.1, 0.15) is 12.4 Å². The third-order valence-corrected chi connectivity index (χ3v) is 2.72. The Bertz CT molecular complexity index is 572. The van der Waals surface area contributed by atoms with E-state index in [1.165, 1.54) is 19.2 Å². The zero-order valence-electron chi connectivity index (χ0n) is 12.8. The number of anilines is 1. The van der Waals surface area contributed by atoms with E-state index in [1.807, 2.05) is 19.0 Å². The first-order valence-corrected chi connectivity index (χ1v) is 6.46. The lowest BCUT2D eigenvalue weighted by Gasteiger charge is -2.15. The van der Waals surface area contributed by atoms with E-state index >= 15 is 0 Å². The molecule has 0 heterocycles. The summed E-state index contributed by atoms with van der Waals surface area (Å²) in [5, 5.41) is 13.5. The van der Waals surface area contributed by atoms with Crippen LogP contribution in [-0.2, 0) is 4.79 Å². The Hall–Kier alpha value is -2.61. The number of nitrogens with zero attached hydrogens (tertiary/aromatic N) is 2. The number of nitro groups is 1. The van der Waals surface area contributed by atoms with E-state index in [4.69, 9.17) is 9.47 Å². The van der Waals surface area contributed by atoms with Gasteiger partial charge in [-0.25, -0.2) is 0 Å². The van der Waals surface area contributed by atoms with E-state index in [0.717, 1.165) is 6.08 Å². The Labute approximate surface area is 128 Å². The van der Waals surface area contributed by atoms with Gasteiger partial charge in [-0.2, -0.15) is 0 Å². The number of benzene rings is 1. The molecular formula is C14H19N3O5. The van der Waals surface area contributed by atoms with Crippen LogP contribution in [0.4, 0.5) is 11.4 Å². The summed E-state index contributed by atoms with van der Waals surface area (Å²) >= 11 is 0. The van der Waals surface area contributed by atoms with Crippen LogP contribution in [0.1, 0.15) is 0 Å². The fraction of sp³-hybridized carbons (Fsp3) is 0.357. The molecule has 1 aromatic rings. The van der Waals surface area contributed by atoms with Crippen LogP contribution in [0.5, 0.6) is 11.5 Å². The highest BCUT2D eigenvalue weighted by atomic mass is 16.6. The quantitative estimate of drug-likeness (QED) is 0.446. The Balaban J connectivity index is 3.16. The first-order chi connectivity index (χ1) is 10.4. The van der Waals surface area contributed by atoms with Crippen molar-refractivity contribution < 1.29 is 19.2 Å². The molecule has 0 saturated heterocycles. The Morgan fingerprint density at radius 3 is 2.64 bits per heavy atom. The highest BCUT2D eigenvalue weighted by molar-refractivity contribution is 6.00. The van der Waals surface area contributed by atoms with Gasteiger partial charge in [-0.15, -0.1) is 0 Å². The molecular weight excluding hydrogens is 290 g/mol. The van der Waals surface area contributed by atoms with Crippen molar-refractivity contribution in [3.63, 3.8) is 0 Å². The standard InChI is InChI=1S/C14H19N3O5/c1-5-14(18)15-10-8-11(17(19)20)13(21-4)9-12(10)22-7-6-16(2)3/h5,8-9H,1,6-7H2,2-4H3,(H,15,18). The van der Waals surface area contributed by atoms with Crippen molar-refractivity contribution in [1.82, 2.24) is 4.90 Å². The molecule has 22 heavy (non-hydrogen) atoms. The van der Waals surface area contributed by atoms with Crippen molar-refractivity contribution in [2.75, 3.05) is 39.7 Å². The molecule has 1 aromatic carbocycles. The van der Waals surface area contributed by atoms with E-state index in [9.17, 15) is 14.9 Å². The van der Waals surface area contributed by atoms with Crippen LogP contribution in [0.2, 0.25) is 0 Å². The van der Waals surface area contributed by atoms with Crippen molar-refractivity contribution in [2.45, 2.75) is 0 Å². The average Bonchev–Trinajstić information content (AvgIpc) is 2.47. The summed E-state index contributed by atoms with van der Waals surface area (Å²) in [6, 6.07) is 2.58. The molecule has 1 N–H and O–H groups in total. The number of hydrogen-bond acceptors (Lipinski definition) is 6. The molecule has 1 amide bonds. The molecule has 0 radical (unpaired) electrons. The molecule has 0 atom stereocenters. The van der Waals surface area contributed by atoms with Gasteiger partial charge < -0.3 is 19.7 Å². The lowest BCUT2D eigenvalue weighted by atomic mass is 10.2. The second-order valence-electron chi connectivity index (χ2n) is 4.62. The zero-order valence-corrected chi connectivity index (χ0v) is 12.8. The number of nitro benzene ring substituents is 1. The van der Waals surface area contributed by atoms with Gasteiger partial charge >= 0.3 is 5.69 Å². The molecule has 0 bridgehead atoms. The number of likely N-dealkylation sites (N-methyl/N-ethyl adjacent to an activating group) is 1. The number of carbonyl (C=O) groups excluding carboxylic acids is 1. The summed E-state index contributed by atoms with van der Waals surface area (Å²) in [4.78, 5) is 23.8. The largest absolute Gasteiger partial charge is 0.490 e. The van der Waals surface area contributed by atoms with Gasteiger partial charge in [-0.1, -0.05) is 6.58 Å². The number of rotatable bonds is 8. The van der Waals surface area contributed by atoms with E-state index in [-0.39, 0.29) is 17.1 Å². The average molecular weight is 309 g/mol. The molecule has 0 aliphatic heterocycles. The Morgan fingerprint density at radius 2 is 2.14 bits per heavy atom. The third kappa shape index (κ3) is 4.74. The topological polar surface area (TPSA) is 93.9 Å². The molecule has 0 saturated carbocycles. The molecule has 0 spiro atoms. The van der Waals surface area contributed by atoms with Crippen LogP contribution in [0.25, 0.3) is 0 Å². The highest BCUT2D eigenvalue weighted by Gasteiger charge is 2.20. The number of nitrogens with one attached hydrogen (secondary N) is 1. The van der Waals surface area contributed by atoms with Crippen molar-refractivity contribution in [3.05, 3.63) is 34.9 Å². The van der Waals surface area contributed by atoms with Gasteiger partial charge in [-0.3, -0.25) is 14.9 Å². The molecule has 8 nitrogen and oxygen atoms in total. The van der Waals surface area contributed by atoms with Crippen molar-refractivity contribution in [2.24, 2.45) is 0 Å². The molecule has 0 aliphatic carbocycles. The normalized spacial score (nSPS) is 10.2. The first-order valence-electron chi connectivity index (χ1n) is 6.46. The van der Waals surface area contributed by atoms with Crippen LogP contribution in [0.15, 0.2) is 24.8 Å². The maximum absolute atomic E-state index is 11.5. The van der Waals surface area contributed by atoms with E-state index in [1.54, 1.807) is 0 Å². The molecule has 8 heteroatoms. The Kier molecular flexibility index (Phi) is 6.33. The fourth-order valence-electron chi connectivity index (χ4n) is 1.59. The number of hydrogen-bond donors (Lipinski definition) is 1. The number of ether oxygens (including phenoxy) is 2. The minimum Gasteiger partial charge on any atom is -0.490 e. The van der Waals surface area contributed by atoms with Crippen molar-refractivity contribution in [3.8, 4) is 11.5 Å². The second kappa shape index (κ2) is 7.99. The minimum atomic E-state index is -0.591. The van der Waals surface area contributed by atoms with Crippen LogP contribution in [-0.4, -0.2) is 50.1 Å².